The lowest BCUT2D eigenvalue weighted by molar-refractivity contribution is -0.135. The van der Waals surface area contributed by atoms with Crippen molar-refractivity contribution < 1.29 is 22.9 Å². The molecule has 0 atom stereocenters. The Balaban J connectivity index is 2.39. The molecule has 0 aliphatic rings. The third-order valence-corrected chi connectivity index (χ3v) is 21.3. The fraction of sp³-hybridized carbons (Fsp3) is 0.770. The van der Waals surface area contributed by atoms with E-state index in [-0.39, 0.29) is 16.9 Å². The SMILES string of the molecule is CCCCCCCCCCCCCCCC(=O)N(CCO[Si](C)(C)C)CC(CN(CCO[Si](C)(C)C)C(=O)CCCCCCCCCCCCCCC)O[Si](c1ccccc1)(c1ccccc1)C(C)(C)C. The van der Waals surface area contributed by atoms with Crippen LogP contribution in [-0.2, 0) is 22.9 Å². The molecule has 2 amide bonds. The van der Waals surface area contributed by atoms with Crippen molar-refractivity contribution >= 4 is 47.1 Å². The summed E-state index contributed by atoms with van der Waals surface area (Å²) in [5.41, 5.74) is 0. The summed E-state index contributed by atoms with van der Waals surface area (Å²) in [6, 6.07) is 21.6. The lowest BCUT2D eigenvalue weighted by Gasteiger charge is -2.46. The van der Waals surface area contributed by atoms with E-state index in [0.29, 0.717) is 52.2 Å². The normalized spacial score (nSPS) is 12.5. The maximum atomic E-state index is 14.6. The van der Waals surface area contributed by atoms with Crippen molar-refractivity contribution in [3.8, 4) is 0 Å². The molecule has 408 valence electrons. The molecule has 71 heavy (non-hydrogen) atoms. The van der Waals surface area contributed by atoms with E-state index in [9.17, 15) is 9.59 Å². The zero-order valence-corrected chi connectivity index (χ0v) is 51.3. The second-order valence-electron chi connectivity index (χ2n) is 24.0. The summed E-state index contributed by atoms with van der Waals surface area (Å²) in [5.74, 6) is 0.324. The summed E-state index contributed by atoms with van der Waals surface area (Å²) in [6.07, 6.45) is 33.7. The summed E-state index contributed by atoms with van der Waals surface area (Å²) in [7, 11) is -6.77. The summed E-state index contributed by atoms with van der Waals surface area (Å²) in [6.45, 7) is 27.6. The van der Waals surface area contributed by atoms with Crippen LogP contribution in [-0.4, -0.2) is 92.1 Å². The Morgan fingerprint density at radius 3 is 1.00 bits per heavy atom. The fourth-order valence-corrected chi connectivity index (χ4v) is 16.1. The molecule has 0 fully saturated rings. The number of hydrogen-bond acceptors (Lipinski definition) is 5. The summed E-state index contributed by atoms with van der Waals surface area (Å²) in [4.78, 5) is 33.3. The highest BCUT2D eigenvalue weighted by molar-refractivity contribution is 6.99. The Morgan fingerprint density at radius 2 is 0.732 bits per heavy atom. The van der Waals surface area contributed by atoms with Crippen molar-refractivity contribution in [1.82, 2.24) is 9.80 Å². The lowest BCUT2D eigenvalue weighted by atomic mass is 10.0. The van der Waals surface area contributed by atoms with Gasteiger partial charge in [0, 0.05) is 39.0 Å². The molecule has 0 saturated carbocycles. The first-order valence-electron chi connectivity index (χ1n) is 29.6. The van der Waals surface area contributed by atoms with Gasteiger partial charge in [0.1, 0.15) is 0 Å². The van der Waals surface area contributed by atoms with Crippen LogP contribution in [0.3, 0.4) is 0 Å². The highest BCUT2D eigenvalue weighted by Gasteiger charge is 2.52. The molecule has 0 bridgehead atoms. The molecule has 2 aromatic rings. The molecular weight excluding hydrogens is 925 g/mol. The van der Waals surface area contributed by atoms with Gasteiger partial charge in [-0.2, -0.15) is 0 Å². The van der Waals surface area contributed by atoms with E-state index in [4.69, 9.17) is 13.3 Å². The molecule has 2 aromatic carbocycles. The van der Waals surface area contributed by atoms with Crippen LogP contribution in [0.5, 0.6) is 0 Å². The second-order valence-corrected chi connectivity index (χ2v) is 37.3. The van der Waals surface area contributed by atoms with Gasteiger partial charge in [-0.05, 0) is 67.5 Å². The average Bonchev–Trinajstić information content (AvgIpc) is 3.32. The van der Waals surface area contributed by atoms with Crippen molar-refractivity contribution in [3.05, 3.63) is 60.7 Å². The van der Waals surface area contributed by atoms with E-state index in [0.717, 1.165) is 25.7 Å². The van der Waals surface area contributed by atoms with Gasteiger partial charge in [-0.25, -0.2) is 0 Å². The van der Waals surface area contributed by atoms with Gasteiger partial charge in [-0.1, -0.05) is 249 Å². The van der Waals surface area contributed by atoms with Crippen LogP contribution in [0.15, 0.2) is 60.7 Å². The topological polar surface area (TPSA) is 68.3 Å². The van der Waals surface area contributed by atoms with Crippen LogP contribution in [0, 0.1) is 0 Å². The van der Waals surface area contributed by atoms with Gasteiger partial charge in [-0.3, -0.25) is 9.59 Å². The number of benzene rings is 2. The van der Waals surface area contributed by atoms with E-state index >= 15 is 0 Å². The van der Waals surface area contributed by atoms with Crippen molar-refractivity contribution in [2.75, 3.05) is 39.4 Å². The molecule has 0 aliphatic carbocycles. The van der Waals surface area contributed by atoms with E-state index in [1.807, 2.05) is 9.80 Å². The Labute approximate surface area is 442 Å². The number of carbonyl (C=O) groups is 2. The molecule has 0 N–H and O–H groups in total. The number of unbranched alkanes of at least 4 members (excludes halogenated alkanes) is 24. The Bertz CT molecular complexity index is 1500. The minimum absolute atomic E-state index is 0.162. The molecule has 0 aromatic heterocycles. The quantitative estimate of drug-likeness (QED) is 0.0489. The van der Waals surface area contributed by atoms with Gasteiger partial charge < -0.3 is 23.1 Å². The maximum Gasteiger partial charge on any atom is 0.261 e. The van der Waals surface area contributed by atoms with E-state index in [1.165, 1.54) is 152 Å². The fourth-order valence-electron chi connectivity index (χ4n) is 10.0. The first kappa shape index (κ1) is 65.0. The van der Waals surface area contributed by atoms with Crippen LogP contribution < -0.4 is 10.4 Å². The highest BCUT2D eigenvalue weighted by Crippen LogP contribution is 2.38. The summed E-state index contributed by atoms with van der Waals surface area (Å²) in [5, 5.41) is 2.12. The van der Waals surface area contributed by atoms with Crippen LogP contribution in [0.25, 0.3) is 0 Å². The zero-order valence-electron chi connectivity index (χ0n) is 48.3. The summed E-state index contributed by atoms with van der Waals surface area (Å²) < 4.78 is 20.9. The van der Waals surface area contributed by atoms with Gasteiger partial charge in [0.2, 0.25) is 11.8 Å². The third kappa shape index (κ3) is 29.6. The minimum atomic E-state index is -3.08. The van der Waals surface area contributed by atoms with E-state index in [2.05, 4.69) is 135 Å². The molecule has 0 unspecified atom stereocenters. The van der Waals surface area contributed by atoms with Gasteiger partial charge in [0.05, 0.1) is 19.3 Å². The molecule has 0 heterocycles. The van der Waals surface area contributed by atoms with Crippen molar-refractivity contribution in [2.24, 2.45) is 0 Å². The van der Waals surface area contributed by atoms with E-state index in [1.54, 1.807) is 0 Å². The Morgan fingerprint density at radius 1 is 0.451 bits per heavy atom. The summed E-state index contributed by atoms with van der Waals surface area (Å²) >= 11 is 0. The maximum absolute atomic E-state index is 14.6. The molecule has 10 heteroatoms. The number of nitrogens with zero attached hydrogens (tertiary/aromatic N) is 2. The Kier molecular flexibility index (Phi) is 34.4. The lowest BCUT2D eigenvalue weighted by Crippen LogP contribution is -2.69. The third-order valence-electron chi connectivity index (χ3n) is 14.1. The molecule has 0 saturated heterocycles. The predicted molar refractivity (Wildman–Crippen MR) is 315 cm³/mol. The highest BCUT2D eigenvalue weighted by atomic mass is 28.4. The number of amides is 2. The molecule has 0 aliphatic heterocycles. The van der Waals surface area contributed by atoms with Crippen molar-refractivity contribution in [2.45, 2.75) is 265 Å². The molecule has 0 radical (unpaired) electrons. The number of rotatable bonds is 44. The van der Waals surface area contributed by atoms with Crippen LogP contribution in [0.4, 0.5) is 0 Å². The molecular formula is C61H112N2O5Si3. The molecule has 2 rings (SSSR count). The number of hydrogen-bond donors (Lipinski definition) is 0. The standard InChI is InChI=1S/C61H112N2O5Si3/c1-12-14-16-18-20-22-24-26-28-30-32-34-42-48-59(64)62(50-52-66-69(6,7)8)54-56(68-71(61(3,4)5,57-44-38-36-39-45-57)58-46-40-37-41-47-58)55-63(51-53-67-70(9,10)11)60(65)49-43-35-33-31-29-27-25-23-21-19-17-15-13-2/h36-41,44-47,56H,12-35,42-43,48-55H2,1-11H3. The first-order chi connectivity index (χ1) is 33.9. The Hall–Kier alpha value is -2.09. The largest absolute Gasteiger partial charge is 0.416 e. The first-order valence-corrected chi connectivity index (χ1v) is 38.3. The zero-order chi connectivity index (χ0) is 52.3. The van der Waals surface area contributed by atoms with Gasteiger partial charge in [0.25, 0.3) is 8.32 Å². The van der Waals surface area contributed by atoms with E-state index < -0.39 is 31.1 Å². The van der Waals surface area contributed by atoms with Crippen LogP contribution in [0.2, 0.25) is 44.3 Å². The predicted octanol–water partition coefficient (Wildman–Crippen LogP) is 16.3. The van der Waals surface area contributed by atoms with Gasteiger partial charge in [0.15, 0.2) is 16.6 Å². The molecule has 0 spiro atoms. The van der Waals surface area contributed by atoms with Crippen LogP contribution in [0.1, 0.15) is 214 Å². The smallest absolute Gasteiger partial charge is 0.261 e. The van der Waals surface area contributed by atoms with Gasteiger partial charge in [-0.15, -0.1) is 0 Å². The average molecular weight is 1040 g/mol. The van der Waals surface area contributed by atoms with Crippen molar-refractivity contribution in [3.63, 3.8) is 0 Å². The minimum Gasteiger partial charge on any atom is -0.416 e. The number of carbonyl (C=O) groups excluding carboxylic acids is 2. The second kappa shape index (κ2) is 37.6. The monoisotopic (exact) mass is 1040 g/mol. The van der Waals surface area contributed by atoms with Crippen LogP contribution >= 0.6 is 0 Å². The van der Waals surface area contributed by atoms with Gasteiger partial charge >= 0.3 is 0 Å². The molecule has 7 nitrogen and oxygen atoms in total. The van der Waals surface area contributed by atoms with Crippen molar-refractivity contribution in [1.29, 1.82) is 0 Å².